The number of hydrogen-bond acceptors (Lipinski definition) is 2. The van der Waals surface area contributed by atoms with E-state index < -0.39 is 5.54 Å². The van der Waals surface area contributed by atoms with Crippen LogP contribution in [0.5, 0.6) is 0 Å². The smallest absolute Gasteiger partial charge is 0.254 e. The molecule has 1 aromatic rings. The summed E-state index contributed by atoms with van der Waals surface area (Å²) in [6.07, 6.45) is 3.23. The Kier molecular flexibility index (Phi) is 4.57. The molecule has 1 aliphatic carbocycles. The second-order valence-electron chi connectivity index (χ2n) is 5.43. The van der Waals surface area contributed by atoms with Crippen LogP contribution in [-0.4, -0.2) is 11.4 Å². The van der Waals surface area contributed by atoms with E-state index in [1.807, 2.05) is 0 Å². The minimum Gasteiger partial charge on any atom is -0.334 e. The summed E-state index contributed by atoms with van der Waals surface area (Å²) in [5, 5.41) is 12.8. The summed E-state index contributed by atoms with van der Waals surface area (Å²) in [6, 6.07) is 7.18. The minimum absolute atomic E-state index is 0.226. The number of nitrogens with one attached hydrogen (secondary N) is 1. The van der Waals surface area contributed by atoms with Gasteiger partial charge < -0.3 is 5.32 Å². The Morgan fingerprint density at radius 3 is 2.65 bits per heavy atom. The molecule has 2 rings (SSSR count). The molecule has 1 amide bonds. The van der Waals surface area contributed by atoms with Crippen LogP contribution in [0.3, 0.4) is 0 Å². The first-order valence-corrected chi connectivity index (χ1v) is 7.41. The fraction of sp³-hybridized carbons (Fsp3) is 0.467. The summed E-state index contributed by atoms with van der Waals surface area (Å²) in [6.45, 7) is 2.16. The average molecular weight is 311 g/mol. The lowest BCUT2D eigenvalue weighted by molar-refractivity contribution is 0.0894. The van der Waals surface area contributed by atoms with Gasteiger partial charge in [-0.05, 0) is 43.7 Å². The molecule has 106 valence electrons. The number of halogens is 2. The first-order chi connectivity index (χ1) is 9.47. The number of nitriles is 1. The van der Waals surface area contributed by atoms with Gasteiger partial charge in [-0.3, -0.25) is 4.79 Å². The van der Waals surface area contributed by atoms with E-state index in [-0.39, 0.29) is 10.9 Å². The minimum atomic E-state index is -0.783. The monoisotopic (exact) mass is 310 g/mol. The van der Waals surface area contributed by atoms with Gasteiger partial charge in [0, 0.05) is 0 Å². The average Bonchev–Trinajstić information content (AvgIpc) is 2.44. The van der Waals surface area contributed by atoms with Crippen molar-refractivity contribution in [2.24, 2.45) is 5.92 Å². The Morgan fingerprint density at radius 1 is 1.40 bits per heavy atom. The van der Waals surface area contributed by atoms with E-state index in [9.17, 15) is 10.1 Å². The third-order valence-electron chi connectivity index (χ3n) is 3.89. The van der Waals surface area contributed by atoms with E-state index in [2.05, 4.69) is 18.3 Å². The molecular weight excluding hydrogens is 295 g/mol. The van der Waals surface area contributed by atoms with E-state index in [4.69, 9.17) is 23.2 Å². The fourth-order valence-corrected chi connectivity index (χ4v) is 2.87. The maximum absolute atomic E-state index is 12.3. The van der Waals surface area contributed by atoms with Crippen LogP contribution in [0.4, 0.5) is 0 Å². The number of carbonyl (C=O) groups excluding carboxylic acids is 1. The number of amides is 1. The molecule has 20 heavy (non-hydrogen) atoms. The number of rotatable bonds is 2. The molecule has 1 N–H and O–H groups in total. The molecule has 0 heterocycles. The largest absolute Gasteiger partial charge is 0.334 e. The molecule has 0 bridgehead atoms. The maximum Gasteiger partial charge on any atom is 0.254 e. The summed E-state index contributed by atoms with van der Waals surface area (Å²) in [5.74, 6) is 0.261. The zero-order valence-electron chi connectivity index (χ0n) is 11.2. The summed E-state index contributed by atoms with van der Waals surface area (Å²) < 4.78 is 0. The molecule has 0 spiro atoms. The van der Waals surface area contributed by atoms with E-state index in [0.717, 1.165) is 12.8 Å². The van der Waals surface area contributed by atoms with Gasteiger partial charge >= 0.3 is 0 Å². The predicted molar refractivity (Wildman–Crippen MR) is 79.9 cm³/mol. The van der Waals surface area contributed by atoms with Crippen molar-refractivity contribution in [1.82, 2.24) is 5.32 Å². The Labute approximate surface area is 128 Å². The third-order valence-corrected chi connectivity index (χ3v) is 4.71. The molecule has 0 radical (unpaired) electrons. The highest BCUT2D eigenvalue weighted by Crippen LogP contribution is 2.32. The van der Waals surface area contributed by atoms with Crippen molar-refractivity contribution in [2.45, 2.75) is 38.1 Å². The Balaban J connectivity index is 2.18. The topological polar surface area (TPSA) is 52.9 Å². The normalized spacial score (nSPS) is 25.8. The van der Waals surface area contributed by atoms with Crippen LogP contribution in [0.25, 0.3) is 0 Å². The van der Waals surface area contributed by atoms with Crippen LogP contribution < -0.4 is 5.32 Å². The quantitative estimate of drug-likeness (QED) is 0.890. The fourth-order valence-electron chi connectivity index (χ4n) is 2.48. The van der Waals surface area contributed by atoms with Gasteiger partial charge in [0.05, 0.1) is 21.7 Å². The van der Waals surface area contributed by atoms with Gasteiger partial charge in [0.1, 0.15) is 5.54 Å². The molecule has 0 atom stereocenters. The van der Waals surface area contributed by atoms with Gasteiger partial charge in [0.25, 0.3) is 5.91 Å². The Hall–Kier alpha value is -1.24. The van der Waals surface area contributed by atoms with Gasteiger partial charge in [0.15, 0.2) is 0 Å². The zero-order valence-corrected chi connectivity index (χ0v) is 12.8. The lowest BCUT2D eigenvalue weighted by Crippen LogP contribution is -2.49. The standard InChI is InChI=1S/C15H16Cl2N2O/c1-10-5-7-15(9-18,8-6-10)19-14(20)11-3-2-4-12(16)13(11)17/h2-4,10H,5-8H2,1H3,(H,19,20). The van der Waals surface area contributed by atoms with Crippen molar-refractivity contribution >= 4 is 29.1 Å². The van der Waals surface area contributed by atoms with Gasteiger partial charge in [-0.2, -0.15) is 5.26 Å². The molecular formula is C15H16Cl2N2O. The van der Waals surface area contributed by atoms with E-state index in [1.54, 1.807) is 18.2 Å². The molecule has 5 heteroatoms. The van der Waals surface area contributed by atoms with Crippen LogP contribution in [0.15, 0.2) is 18.2 Å². The summed E-state index contributed by atoms with van der Waals surface area (Å²) in [4.78, 5) is 12.3. The SMILES string of the molecule is CC1CCC(C#N)(NC(=O)c2cccc(Cl)c2Cl)CC1. The highest BCUT2D eigenvalue weighted by molar-refractivity contribution is 6.43. The number of benzene rings is 1. The second kappa shape index (κ2) is 6.03. The van der Waals surface area contributed by atoms with Crippen molar-refractivity contribution in [2.75, 3.05) is 0 Å². The van der Waals surface area contributed by atoms with Gasteiger partial charge in [-0.1, -0.05) is 36.2 Å². The summed E-state index contributed by atoms with van der Waals surface area (Å²) in [7, 11) is 0. The summed E-state index contributed by atoms with van der Waals surface area (Å²) in [5.41, 5.74) is -0.470. The van der Waals surface area contributed by atoms with Gasteiger partial charge in [0.2, 0.25) is 0 Å². The molecule has 1 fully saturated rings. The molecule has 1 aliphatic rings. The molecule has 0 saturated heterocycles. The van der Waals surface area contributed by atoms with Crippen molar-refractivity contribution in [3.8, 4) is 6.07 Å². The second-order valence-corrected chi connectivity index (χ2v) is 6.22. The number of nitrogens with zero attached hydrogens (tertiary/aromatic N) is 1. The number of carbonyl (C=O) groups is 1. The van der Waals surface area contributed by atoms with Crippen molar-refractivity contribution in [3.63, 3.8) is 0 Å². The molecule has 1 saturated carbocycles. The van der Waals surface area contributed by atoms with Gasteiger partial charge in [-0.15, -0.1) is 0 Å². The van der Waals surface area contributed by atoms with Crippen LogP contribution >= 0.6 is 23.2 Å². The lowest BCUT2D eigenvalue weighted by atomic mass is 9.78. The Morgan fingerprint density at radius 2 is 2.05 bits per heavy atom. The van der Waals surface area contributed by atoms with Crippen LogP contribution in [0.1, 0.15) is 43.0 Å². The van der Waals surface area contributed by atoms with E-state index in [0.29, 0.717) is 29.3 Å². The van der Waals surface area contributed by atoms with E-state index in [1.165, 1.54) is 0 Å². The first-order valence-electron chi connectivity index (χ1n) is 6.65. The van der Waals surface area contributed by atoms with E-state index >= 15 is 0 Å². The maximum atomic E-state index is 12.3. The van der Waals surface area contributed by atoms with Crippen LogP contribution in [-0.2, 0) is 0 Å². The Bertz CT molecular complexity index is 557. The predicted octanol–water partition coefficient (Wildman–Crippen LogP) is 4.20. The van der Waals surface area contributed by atoms with Crippen molar-refractivity contribution in [1.29, 1.82) is 5.26 Å². The van der Waals surface area contributed by atoms with Crippen LogP contribution in [0.2, 0.25) is 10.0 Å². The third kappa shape index (κ3) is 3.08. The summed E-state index contributed by atoms with van der Waals surface area (Å²) >= 11 is 12.0. The van der Waals surface area contributed by atoms with Crippen molar-refractivity contribution < 1.29 is 4.79 Å². The number of hydrogen-bond donors (Lipinski definition) is 1. The highest BCUT2D eigenvalue weighted by atomic mass is 35.5. The lowest BCUT2D eigenvalue weighted by Gasteiger charge is -2.34. The molecule has 3 nitrogen and oxygen atoms in total. The molecule has 1 aromatic carbocycles. The molecule has 0 unspecified atom stereocenters. The van der Waals surface area contributed by atoms with Gasteiger partial charge in [-0.25, -0.2) is 0 Å². The highest BCUT2D eigenvalue weighted by Gasteiger charge is 2.36. The zero-order chi connectivity index (χ0) is 14.8. The first kappa shape index (κ1) is 15.2. The van der Waals surface area contributed by atoms with Crippen LogP contribution in [0, 0.1) is 17.2 Å². The molecule has 0 aliphatic heterocycles. The molecule has 0 aromatic heterocycles. The van der Waals surface area contributed by atoms with Crippen molar-refractivity contribution in [3.05, 3.63) is 33.8 Å².